The maximum atomic E-state index is 12.2. The molecule has 7 heteroatoms. The fourth-order valence-corrected chi connectivity index (χ4v) is 4.79. The number of hydrogen-bond acceptors (Lipinski definition) is 3. The average Bonchev–Trinajstić information content (AvgIpc) is 2.88. The molecule has 0 saturated carbocycles. The Bertz CT molecular complexity index is 900. The standard InChI is InChI=1S/C20H18I2N2O3/c1-3-24-19(25)17(23-20(24)26)10-14-8-15(21)18(16(22)9-14)27-11-13-6-4-12(2)5-7-13/h4-10H,3,11H2,1-2H3,(H,23,26)/b17-10+. The summed E-state index contributed by atoms with van der Waals surface area (Å²) in [4.78, 5) is 25.2. The van der Waals surface area contributed by atoms with Crippen molar-refractivity contribution in [2.24, 2.45) is 0 Å². The minimum absolute atomic E-state index is 0.293. The summed E-state index contributed by atoms with van der Waals surface area (Å²) in [6.07, 6.45) is 1.70. The molecule has 1 fully saturated rings. The highest BCUT2D eigenvalue weighted by molar-refractivity contribution is 14.1. The third kappa shape index (κ3) is 4.63. The van der Waals surface area contributed by atoms with Crippen molar-refractivity contribution >= 4 is 63.2 Å². The number of halogens is 2. The molecule has 0 radical (unpaired) electrons. The second kappa shape index (κ2) is 8.59. The number of amides is 3. The summed E-state index contributed by atoms with van der Waals surface area (Å²) < 4.78 is 7.90. The maximum absolute atomic E-state index is 12.2. The molecule has 0 atom stereocenters. The molecule has 1 aliphatic heterocycles. The molecule has 3 rings (SSSR count). The van der Waals surface area contributed by atoms with Crippen LogP contribution in [0.5, 0.6) is 5.75 Å². The summed E-state index contributed by atoms with van der Waals surface area (Å²) in [5.41, 5.74) is 3.46. The van der Waals surface area contributed by atoms with Crippen LogP contribution in [0.2, 0.25) is 0 Å². The normalized spacial score (nSPS) is 15.4. The van der Waals surface area contributed by atoms with E-state index in [1.165, 1.54) is 10.5 Å². The first kappa shape index (κ1) is 20.1. The molecule has 2 aromatic carbocycles. The molecule has 1 aliphatic rings. The highest BCUT2D eigenvalue weighted by Gasteiger charge is 2.32. The number of ether oxygens (including phenoxy) is 1. The zero-order valence-corrected chi connectivity index (χ0v) is 19.2. The Morgan fingerprint density at radius 2 is 1.74 bits per heavy atom. The molecule has 0 bridgehead atoms. The number of benzene rings is 2. The second-order valence-corrected chi connectivity index (χ2v) is 8.45. The van der Waals surface area contributed by atoms with Gasteiger partial charge in [-0.3, -0.25) is 9.69 Å². The number of likely N-dealkylation sites (N-methyl/N-ethyl adjacent to an activating group) is 1. The fourth-order valence-electron chi connectivity index (χ4n) is 2.67. The van der Waals surface area contributed by atoms with Crippen molar-refractivity contribution in [3.05, 3.63) is 65.9 Å². The fraction of sp³-hybridized carbons (Fsp3) is 0.200. The van der Waals surface area contributed by atoms with Crippen molar-refractivity contribution in [2.75, 3.05) is 6.54 Å². The molecule has 0 aromatic heterocycles. The maximum Gasteiger partial charge on any atom is 0.328 e. The molecular weight excluding hydrogens is 570 g/mol. The van der Waals surface area contributed by atoms with Crippen LogP contribution in [-0.2, 0) is 11.4 Å². The molecule has 5 nitrogen and oxygen atoms in total. The first-order valence-electron chi connectivity index (χ1n) is 8.41. The summed E-state index contributed by atoms with van der Waals surface area (Å²) in [6.45, 7) is 4.67. The van der Waals surface area contributed by atoms with Gasteiger partial charge in [0.1, 0.15) is 18.1 Å². The van der Waals surface area contributed by atoms with Gasteiger partial charge in [-0.05, 0) is 88.4 Å². The molecular formula is C20H18I2N2O3. The Hall–Kier alpha value is -1.62. The number of imide groups is 1. The van der Waals surface area contributed by atoms with Crippen LogP contribution in [0.4, 0.5) is 4.79 Å². The third-order valence-electron chi connectivity index (χ3n) is 4.11. The summed E-state index contributed by atoms with van der Waals surface area (Å²) in [5, 5.41) is 2.62. The lowest BCUT2D eigenvalue weighted by molar-refractivity contribution is -0.122. The van der Waals surface area contributed by atoms with Gasteiger partial charge in [0.05, 0.1) is 7.14 Å². The average molecular weight is 588 g/mol. The van der Waals surface area contributed by atoms with Crippen LogP contribution >= 0.6 is 45.2 Å². The van der Waals surface area contributed by atoms with E-state index < -0.39 is 0 Å². The van der Waals surface area contributed by atoms with Gasteiger partial charge in [-0.25, -0.2) is 4.79 Å². The van der Waals surface area contributed by atoms with Crippen LogP contribution in [0.1, 0.15) is 23.6 Å². The monoisotopic (exact) mass is 588 g/mol. The molecule has 0 aliphatic carbocycles. The van der Waals surface area contributed by atoms with E-state index in [1.54, 1.807) is 13.0 Å². The number of carbonyl (C=O) groups excluding carboxylic acids is 2. The second-order valence-electron chi connectivity index (χ2n) is 6.13. The Labute approximate surface area is 185 Å². The number of aryl methyl sites for hydroxylation is 1. The van der Waals surface area contributed by atoms with E-state index in [1.807, 2.05) is 12.1 Å². The number of carbonyl (C=O) groups is 2. The predicted octanol–water partition coefficient (Wildman–Crippen LogP) is 4.70. The van der Waals surface area contributed by atoms with E-state index in [0.717, 1.165) is 24.0 Å². The van der Waals surface area contributed by atoms with Crippen LogP contribution in [0, 0.1) is 14.1 Å². The SMILES string of the molecule is CCN1C(=O)N/C(=C/c2cc(I)c(OCc3ccc(C)cc3)c(I)c2)C1=O. The van der Waals surface area contributed by atoms with Gasteiger partial charge in [0.25, 0.3) is 5.91 Å². The summed E-state index contributed by atoms with van der Waals surface area (Å²) in [6, 6.07) is 11.7. The Balaban J connectivity index is 1.79. The van der Waals surface area contributed by atoms with E-state index in [9.17, 15) is 9.59 Å². The van der Waals surface area contributed by atoms with Gasteiger partial charge < -0.3 is 10.1 Å². The lowest BCUT2D eigenvalue weighted by Gasteiger charge is -2.12. The van der Waals surface area contributed by atoms with Gasteiger partial charge in [0.2, 0.25) is 0 Å². The van der Waals surface area contributed by atoms with Gasteiger partial charge >= 0.3 is 6.03 Å². The van der Waals surface area contributed by atoms with Gasteiger partial charge in [0, 0.05) is 6.54 Å². The highest BCUT2D eigenvalue weighted by atomic mass is 127. The van der Waals surface area contributed by atoms with Crippen LogP contribution in [-0.4, -0.2) is 23.4 Å². The summed E-state index contributed by atoms with van der Waals surface area (Å²) in [5.74, 6) is 0.517. The molecule has 140 valence electrons. The van der Waals surface area contributed by atoms with Crippen molar-refractivity contribution in [1.29, 1.82) is 0 Å². The first-order valence-corrected chi connectivity index (χ1v) is 10.6. The van der Waals surface area contributed by atoms with Crippen LogP contribution in [0.25, 0.3) is 6.08 Å². The molecule has 27 heavy (non-hydrogen) atoms. The minimum Gasteiger partial charge on any atom is -0.487 e. The van der Waals surface area contributed by atoms with Crippen molar-refractivity contribution < 1.29 is 14.3 Å². The molecule has 1 heterocycles. The number of hydrogen-bond donors (Lipinski definition) is 1. The Morgan fingerprint density at radius 1 is 1.11 bits per heavy atom. The van der Waals surface area contributed by atoms with Gasteiger partial charge in [-0.2, -0.15) is 0 Å². The number of urea groups is 1. The van der Waals surface area contributed by atoms with Crippen LogP contribution < -0.4 is 10.1 Å². The molecule has 0 spiro atoms. The van der Waals surface area contributed by atoms with Crippen LogP contribution in [0.3, 0.4) is 0 Å². The largest absolute Gasteiger partial charge is 0.487 e. The number of rotatable bonds is 5. The van der Waals surface area contributed by atoms with Crippen molar-refractivity contribution in [3.63, 3.8) is 0 Å². The van der Waals surface area contributed by atoms with Crippen molar-refractivity contribution in [2.45, 2.75) is 20.5 Å². The molecule has 2 aromatic rings. The van der Waals surface area contributed by atoms with E-state index in [4.69, 9.17) is 4.74 Å². The third-order valence-corrected chi connectivity index (χ3v) is 5.72. The molecule has 3 amide bonds. The van der Waals surface area contributed by atoms with E-state index in [0.29, 0.717) is 18.8 Å². The van der Waals surface area contributed by atoms with Crippen LogP contribution in [0.15, 0.2) is 42.1 Å². The van der Waals surface area contributed by atoms with E-state index in [-0.39, 0.29) is 11.9 Å². The topological polar surface area (TPSA) is 58.6 Å². The highest BCUT2D eigenvalue weighted by Crippen LogP contribution is 2.30. The Kier molecular flexibility index (Phi) is 6.40. The van der Waals surface area contributed by atoms with Gasteiger partial charge in [-0.1, -0.05) is 29.8 Å². The van der Waals surface area contributed by atoms with E-state index in [2.05, 4.69) is 81.7 Å². The lowest BCUT2D eigenvalue weighted by atomic mass is 10.1. The van der Waals surface area contributed by atoms with E-state index >= 15 is 0 Å². The molecule has 1 saturated heterocycles. The molecule has 0 unspecified atom stereocenters. The van der Waals surface area contributed by atoms with Crippen molar-refractivity contribution in [1.82, 2.24) is 10.2 Å². The van der Waals surface area contributed by atoms with Gasteiger partial charge in [-0.15, -0.1) is 0 Å². The first-order chi connectivity index (χ1) is 12.9. The predicted molar refractivity (Wildman–Crippen MR) is 121 cm³/mol. The van der Waals surface area contributed by atoms with Gasteiger partial charge in [0.15, 0.2) is 0 Å². The lowest BCUT2D eigenvalue weighted by Crippen LogP contribution is -2.30. The minimum atomic E-state index is -0.379. The van der Waals surface area contributed by atoms with Crippen molar-refractivity contribution in [3.8, 4) is 5.75 Å². The quantitative estimate of drug-likeness (QED) is 0.314. The Morgan fingerprint density at radius 3 is 2.30 bits per heavy atom. The summed E-state index contributed by atoms with van der Waals surface area (Å²) >= 11 is 4.45. The number of nitrogens with zero attached hydrogens (tertiary/aromatic N) is 1. The summed E-state index contributed by atoms with van der Waals surface area (Å²) in [7, 11) is 0. The zero-order chi connectivity index (χ0) is 19.6. The zero-order valence-electron chi connectivity index (χ0n) is 14.9. The number of nitrogens with one attached hydrogen (secondary N) is 1. The smallest absolute Gasteiger partial charge is 0.328 e. The molecule has 1 N–H and O–H groups in total.